The van der Waals surface area contributed by atoms with Crippen LogP contribution in [-0.4, -0.2) is 61.8 Å². The van der Waals surface area contributed by atoms with E-state index in [1.807, 2.05) is 73.8 Å². The normalized spacial score (nSPS) is 22.1. The van der Waals surface area contributed by atoms with Crippen molar-refractivity contribution in [1.82, 2.24) is 30.5 Å². The van der Waals surface area contributed by atoms with Gasteiger partial charge in [0.1, 0.15) is 12.1 Å². The third-order valence-electron chi connectivity index (χ3n) is 9.34. The number of nitrogens with one attached hydrogen (secondary N) is 2. The maximum atomic E-state index is 14.4. The maximum Gasteiger partial charge on any atom is 0.246 e. The summed E-state index contributed by atoms with van der Waals surface area (Å²) in [4.78, 5) is 43.3. The summed E-state index contributed by atoms with van der Waals surface area (Å²) < 4.78 is 1.79. The Bertz CT molecular complexity index is 1370. The number of unbranched alkanes of at least 4 members (excludes halogenated alkanes) is 2. The van der Waals surface area contributed by atoms with Crippen molar-refractivity contribution in [2.24, 2.45) is 11.7 Å². The molecular weight excluding hydrogens is 566 g/mol. The first-order chi connectivity index (χ1) is 21.9. The van der Waals surface area contributed by atoms with Gasteiger partial charge in [-0.2, -0.15) is 0 Å². The summed E-state index contributed by atoms with van der Waals surface area (Å²) in [5.41, 5.74) is 8.96. The Balaban J connectivity index is 1.38. The Hall–Kier alpha value is -4.05. The van der Waals surface area contributed by atoms with Crippen molar-refractivity contribution in [3.8, 4) is 0 Å². The number of carbonyl (C=O) groups excluding carboxylic acids is 3. The second kappa shape index (κ2) is 15.3. The van der Waals surface area contributed by atoms with Crippen LogP contribution < -0.4 is 16.4 Å². The van der Waals surface area contributed by atoms with Crippen LogP contribution in [0.5, 0.6) is 0 Å². The fourth-order valence-electron chi connectivity index (χ4n) is 6.74. The Morgan fingerprint density at radius 2 is 1.62 bits per heavy atom. The molecule has 1 aromatic heterocycles. The van der Waals surface area contributed by atoms with E-state index < -0.39 is 18.1 Å². The monoisotopic (exact) mass is 613 g/mol. The summed E-state index contributed by atoms with van der Waals surface area (Å²) in [6, 6.07) is 17.1. The Morgan fingerprint density at radius 1 is 0.956 bits per heavy atom. The molecule has 10 nitrogen and oxygen atoms in total. The van der Waals surface area contributed by atoms with Crippen LogP contribution in [0.2, 0.25) is 0 Å². The molecule has 0 radical (unpaired) electrons. The molecule has 240 valence electrons. The molecule has 5 rings (SSSR count). The molecule has 3 heterocycles. The van der Waals surface area contributed by atoms with Crippen LogP contribution in [0, 0.1) is 5.92 Å². The zero-order valence-electron chi connectivity index (χ0n) is 26.5. The molecule has 3 amide bonds. The smallest absolute Gasteiger partial charge is 0.246 e. The fraction of sp³-hybridized carbons (Fsp3) is 0.514. The molecule has 45 heavy (non-hydrogen) atoms. The van der Waals surface area contributed by atoms with Crippen LogP contribution in [0.15, 0.2) is 66.9 Å². The SMILES string of the molecule is CCCCCc1cn(C[C@H]2CC[C@H]3CC[C@@H](C(=O)NC(c4ccccc4)c4ccccc4)N3C(=O)[C@H]2NC(=O)[C@@H](N)CC)nn1. The minimum absolute atomic E-state index is 0.0789. The number of nitrogens with zero attached hydrogens (tertiary/aromatic N) is 4. The number of hydrogen-bond donors (Lipinski definition) is 3. The lowest BCUT2D eigenvalue weighted by atomic mass is 9.92. The average molecular weight is 614 g/mol. The van der Waals surface area contributed by atoms with Gasteiger partial charge in [0.15, 0.2) is 0 Å². The number of aromatic nitrogens is 3. The summed E-state index contributed by atoms with van der Waals surface area (Å²) in [7, 11) is 0. The van der Waals surface area contributed by atoms with Gasteiger partial charge in [-0.25, -0.2) is 0 Å². The number of nitrogens with two attached hydrogens (primary N) is 1. The van der Waals surface area contributed by atoms with Crippen LogP contribution in [0.25, 0.3) is 0 Å². The van der Waals surface area contributed by atoms with E-state index in [1.165, 1.54) is 0 Å². The van der Waals surface area contributed by atoms with Crippen LogP contribution in [0.1, 0.15) is 88.1 Å². The highest BCUT2D eigenvalue weighted by molar-refractivity contribution is 5.94. The molecule has 2 aliphatic rings. The largest absolute Gasteiger partial charge is 0.343 e. The lowest BCUT2D eigenvalue weighted by molar-refractivity contribution is -0.143. The Morgan fingerprint density at radius 3 is 2.27 bits per heavy atom. The first-order valence-corrected chi connectivity index (χ1v) is 16.6. The quantitative estimate of drug-likeness (QED) is 0.250. The van der Waals surface area contributed by atoms with E-state index in [1.54, 1.807) is 9.58 Å². The molecule has 0 saturated carbocycles. The molecule has 0 unspecified atom stereocenters. The maximum absolute atomic E-state index is 14.4. The zero-order valence-corrected chi connectivity index (χ0v) is 26.5. The molecule has 2 fully saturated rings. The lowest BCUT2D eigenvalue weighted by Gasteiger charge is -2.33. The second-order valence-corrected chi connectivity index (χ2v) is 12.5. The molecule has 2 saturated heterocycles. The molecule has 3 aromatic rings. The minimum Gasteiger partial charge on any atom is -0.343 e. The highest BCUT2D eigenvalue weighted by Crippen LogP contribution is 2.35. The van der Waals surface area contributed by atoms with E-state index in [4.69, 9.17) is 5.73 Å². The van der Waals surface area contributed by atoms with Crippen LogP contribution in [-0.2, 0) is 27.3 Å². The van der Waals surface area contributed by atoms with Crippen molar-refractivity contribution in [3.05, 3.63) is 83.7 Å². The standard InChI is InChI=1S/C35H47N7O3/c1-3-5-8-17-27-23-41(40-39-27)22-26-18-19-28-20-21-30(42(28)35(45)32(26)38-33(43)29(36)4-2)34(44)37-31(24-13-9-6-10-14-24)25-15-11-7-12-16-25/h6-7,9-16,23,26,28-32H,3-5,8,17-22,36H2,1-2H3,(H,37,44)(H,38,43)/t26-,28+,29+,30+,32+/m1/s1. The van der Waals surface area contributed by atoms with Gasteiger partial charge in [-0.15, -0.1) is 5.10 Å². The van der Waals surface area contributed by atoms with Crippen molar-refractivity contribution in [3.63, 3.8) is 0 Å². The fourth-order valence-corrected chi connectivity index (χ4v) is 6.74. The predicted molar refractivity (Wildman–Crippen MR) is 173 cm³/mol. The summed E-state index contributed by atoms with van der Waals surface area (Å²) in [6.07, 6.45) is 9.35. The first-order valence-electron chi connectivity index (χ1n) is 16.6. The average Bonchev–Trinajstić information content (AvgIpc) is 3.68. The molecule has 4 N–H and O–H groups in total. The molecular formula is C35H47N7O3. The van der Waals surface area contributed by atoms with Crippen molar-refractivity contribution < 1.29 is 14.4 Å². The number of rotatable bonds is 13. The van der Waals surface area contributed by atoms with Crippen LogP contribution >= 0.6 is 0 Å². The minimum atomic E-state index is -0.819. The molecule has 2 aliphatic heterocycles. The second-order valence-electron chi connectivity index (χ2n) is 12.5. The summed E-state index contributed by atoms with van der Waals surface area (Å²) in [5, 5.41) is 15.0. The summed E-state index contributed by atoms with van der Waals surface area (Å²) >= 11 is 0. The predicted octanol–water partition coefficient (Wildman–Crippen LogP) is 3.91. The van der Waals surface area contributed by atoms with Crippen LogP contribution in [0.4, 0.5) is 0 Å². The van der Waals surface area contributed by atoms with Gasteiger partial charge in [0.2, 0.25) is 17.7 Å². The van der Waals surface area contributed by atoms with Gasteiger partial charge in [-0.05, 0) is 56.1 Å². The summed E-state index contributed by atoms with van der Waals surface area (Å²) in [6.45, 7) is 4.46. The number of aryl methyl sites for hydroxylation is 1. The molecule has 5 atom stereocenters. The van der Waals surface area contributed by atoms with Gasteiger partial charge in [-0.3, -0.25) is 19.1 Å². The molecule has 0 bridgehead atoms. The van der Waals surface area contributed by atoms with Gasteiger partial charge in [0.25, 0.3) is 0 Å². The molecule has 0 spiro atoms. The summed E-state index contributed by atoms with van der Waals surface area (Å²) in [5.74, 6) is -0.987. The van der Waals surface area contributed by atoms with E-state index in [-0.39, 0.29) is 35.7 Å². The third kappa shape index (κ3) is 7.79. The molecule has 0 aliphatic carbocycles. The van der Waals surface area contributed by atoms with Crippen molar-refractivity contribution >= 4 is 17.7 Å². The van der Waals surface area contributed by atoms with E-state index in [0.717, 1.165) is 55.3 Å². The van der Waals surface area contributed by atoms with E-state index in [0.29, 0.717) is 25.8 Å². The zero-order chi connectivity index (χ0) is 31.8. The highest BCUT2D eigenvalue weighted by atomic mass is 16.2. The number of amides is 3. The topological polar surface area (TPSA) is 135 Å². The van der Waals surface area contributed by atoms with E-state index in [9.17, 15) is 14.4 Å². The van der Waals surface area contributed by atoms with E-state index >= 15 is 0 Å². The number of benzene rings is 2. The first kappa shape index (κ1) is 32.3. The van der Waals surface area contributed by atoms with Gasteiger partial charge in [0, 0.05) is 24.7 Å². The van der Waals surface area contributed by atoms with Gasteiger partial charge >= 0.3 is 0 Å². The van der Waals surface area contributed by atoms with Gasteiger partial charge in [-0.1, -0.05) is 92.6 Å². The Kier molecular flexibility index (Phi) is 11.0. The molecule has 2 aromatic carbocycles. The van der Waals surface area contributed by atoms with E-state index in [2.05, 4.69) is 27.9 Å². The Labute approximate surface area is 266 Å². The molecule has 10 heteroatoms. The third-order valence-corrected chi connectivity index (χ3v) is 9.34. The van der Waals surface area contributed by atoms with Crippen LogP contribution in [0.3, 0.4) is 0 Å². The van der Waals surface area contributed by atoms with Gasteiger partial charge in [0.05, 0.1) is 17.8 Å². The number of fused-ring (bicyclic) bond motifs is 1. The highest BCUT2D eigenvalue weighted by Gasteiger charge is 2.48. The number of carbonyl (C=O) groups is 3. The number of hydrogen-bond acceptors (Lipinski definition) is 6. The van der Waals surface area contributed by atoms with Gasteiger partial charge < -0.3 is 21.3 Å². The van der Waals surface area contributed by atoms with Crippen molar-refractivity contribution in [1.29, 1.82) is 0 Å². The van der Waals surface area contributed by atoms with Crippen molar-refractivity contribution in [2.45, 2.75) is 108 Å². The lowest BCUT2D eigenvalue weighted by Crippen LogP contribution is -2.58. The van der Waals surface area contributed by atoms with Crippen molar-refractivity contribution in [2.75, 3.05) is 0 Å².